The molecule has 0 radical (unpaired) electrons. The van der Waals surface area contributed by atoms with Crippen LogP contribution in [0.2, 0.25) is 0 Å². The molecule has 3 rings (SSSR count). The number of aliphatic hydroxyl groups excluding tert-OH is 1. The molecule has 6 heteroatoms. The zero-order chi connectivity index (χ0) is 21.8. The van der Waals surface area contributed by atoms with Gasteiger partial charge in [-0.15, -0.1) is 0 Å². The molecule has 0 spiro atoms. The molecule has 0 bridgehead atoms. The maximum Gasteiger partial charge on any atom is 0.175 e. The van der Waals surface area contributed by atoms with Crippen LogP contribution in [0.4, 0.5) is 0 Å². The number of carbonyl (C=O) groups is 2. The quantitative estimate of drug-likeness (QED) is 0.751. The van der Waals surface area contributed by atoms with Gasteiger partial charge in [0.15, 0.2) is 11.6 Å². The second kappa shape index (κ2) is 6.96. The molecule has 2 N–H and O–H groups in total. The van der Waals surface area contributed by atoms with Gasteiger partial charge in [0.25, 0.3) is 0 Å². The van der Waals surface area contributed by atoms with Crippen LogP contribution in [0.25, 0.3) is 0 Å². The van der Waals surface area contributed by atoms with E-state index in [0.29, 0.717) is 18.8 Å². The van der Waals surface area contributed by atoms with Crippen molar-refractivity contribution in [2.75, 3.05) is 13.7 Å². The summed E-state index contributed by atoms with van der Waals surface area (Å²) in [5.74, 6) is -1.22. The third-order valence-electron chi connectivity index (χ3n) is 6.43. The minimum atomic E-state index is -1.30. The monoisotopic (exact) mass is 402 g/mol. The van der Waals surface area contributed by atoms with Crippen molar-refractivity contribution in [2.45, 2.75) is 52.7 Å². The standard InChI is InChI=1S/C23H30O6/c1-21(2)18(24)15(19(25)22(3,4)20(21)26)16-17(29-12-11-23(16,5)27)13-7-9-14(28-6)10-8-13/h7-10,16-17,24,27H,11-12H2,1-6H3/t16-,17-,23+/m1/s1. The number of hydrogen-bond donors (Lipinski definition) is 2. The lowest BCUT2D eigenvalue weighted by atomic mass is 9.58. The highest BCUT2D eigenvalue weighted by Gasteiger charge is 2.58. The topological polar surface area (TPSA) is 93.1 Å². The van der Waals surface area contributed by atoms with Gasteiger partial charge in [-0.1, -0.05) is 12.1 Å². The number of hydrogen-bond acceptors (Lipinski definition) is 6. The van der Waals surface area contributed by atoms with Gasteiger partial charge in [-0.3, -0.25) is 9.59 Å². The molecule has 1 aromatic carbocycles. The van der Waals surface area contributed by atoms with Crippen LogP contribution in [0, 0.1) is 16.7 Å². The Kier molecular flexibility index (Phi) is 5.16. The predicted molar refractivity (Wildman–Crippen MR) is 108 cm³/mol. The molecule has 1 heterocycles. The Bertz CT molecular complexity index is 860. The van der Waals surface area contributed by atoms with E-state index >= 15 is 0 Å². The average molecular weight is 402 g/mol. The van der Waals surface area contributed by atoms with Gasteiger partial charge in [-0.05, 0) is 58.7 Å². The number of carbonyl (C=O) groups excluding carboxylic acids is 2. The summed E-state index contributed by atoms with van der Waals surface area (Å²) in [6.07, 6.45) is -0.339. The maximum absolute atomic E-state index is 13.4. The third-order valence-corrected chi connectivity index (χ3v) is 6.43. The fourth-order valence-electron chi connectivity index (χ4n) is 4.58. The van der Waals surface area contributed by atoms with Crippen LogP contribution in [0.15, 0.2) is 35.6 Å². The SMILES string of the molecule is COc1ccc([C@H]2OCC[C@](C)(O)[C@@H]2C2=C(O)C(C)(C)C(=O)C(C)(C)C2=O)cc1. The van der Waals surface area contributed by atoms with E-state index in [-0.39, 0.29) is 17.1 Å². The largest absolute Gasteiger partial charge is 0.511 e. The lowest BCUT2D eigenvalue weighted by Gasteiger charge is -2.48. The lowest BCUT2D eigenvalue weighted by Crippen LogP contribution is -2.54. The number of ketones is 2. The van der Waals surface area contributed by atoms with Crippen molar-refractivity contribution in [2.24, 2.45) is 16.7 Å². The highest BCUT2D eigenvalue weighted by Crippen LogP contribution is 2.52. The molecule has 1 aliphatic heterocycles. The Morgan fingerprint density at radius 1 is 1.03 bits per heavy atom. The van der Waals surface area contributed by atoms with Gasteiger partial charge in [0.05, 0.1) is 36.3 Å². The molecular formula is C23H30O6. The Morgan fingerprint density at radius 2 is 1.62 bits per heavy atom. The minimum absolute atomic E-state index is 0.0881. The van der Waals surface area contributed by atoms with Crippen molar-refractivity contribution in [3.63, 3.8) is 0 Å². The van der Waals surface area contributed by atoms with Gasteiger partial charge >= 0.3 is 0 Å². The normalized spacial score (nSPS) is 31.7. The lowest BCUT2D eigenvalue weighted by molar-refractivity contribution is -0.154. The first kappa shape index (κ1) is 21.5. The average Bonchev–Trinajstić information content (AvgIpc) is 2.67. The first-order valence-electron chi connectivity index (χ1n) is 9.87. The highest BCUT2D eigenvalue weighted by molar-refractivity contribution is 6.19. The number of rotatable bonds is 3. The molecule has 3 atom stereocenters. The molecule has 6 nitrogen and oxygen atoms in total. The van der Waals surface area contributed by atoms with Crippen LogP contribution in [0.3, 0.4) is 0 Å². The summed E-state index contributed by atoms with van der Waals surface area (Å²) >= 11 is 0. The molecule has 0 saturated carbocycles. The molecule has 158 valence electrons. The fourth-order valence-corrected chi connectivity index (χ4v) is 4.58. The van der Waals surface area contributed by atoms with Gasteiger partial charge < -0.3 is 19.7 Å². The summed E-state index contributed by atoms with van der Waals surface area (Å²) in [6.45, 7) is 8.34. The van der Waals surface area contributed by atoms with Gasteiger partial charge in [0.1, 0.15) is 11.5 Å². The molecule has 1 fully saturated rings. The Morgan fingerprint density at radius 3 is 2.17 bits per heavy atom. The van der Waals surface area contributed by atoms with Gasteiger partial charge in [-0.2, -0.15) is 0 Å². The van der Waals surface area contributed by atoms with E-state index < -0.39 is 34.2 Å². The summed E-state index contributed by atoms with van der Waals surface area (Å²) in [5.41, 5.74) is -2.98. The summed E-state index contributed by atoms with van der Waals surface area (Å²) in [4.78, 5) is 26.3. The Balaban J connectivity index is 2.20. The van der Waals surface area contributed by atoms with Gasteiger partial charge in [0.2, 0.25) is 0 Å². The first-order chi connectivity index (χ1) is 13.4. The zero-order valence-electron chi connectivity index (χ0n) is 17.9. The molecule has 0 aromatic heterocycles. The number of benzene rings is 1. The number of aliphatic hydroxyl groups is 2. The van der Waals surface area contributed by atoms with E-state index in [0.717, 1.165) is 5.56 Å². The Hall–Kier alpha value is -2.18. The molecule has 1 aliphatic carbocycles. The molecule has 0 amide bonds. The van der Waals surface area contributed by atoms with E-state index in [4.69, 9.17) is 9.47 Å². The minimum Gasteiger partial charge on any atom is -0.511 e. The van der Waals surface area contributed by atoms with Crippen LogP contribution in [-0.2, 0) is 14.3 Å². The summed E-state index contributed by atoms with van der Waals surface area (Å²) in [5, 5.41) is 22.3. The van der Waals surface area contributed by atoms with E-state index in [9.17, 15) is 19.8 Å². The van der Waals surface area contributed by atoms with E-state index in [1.807, 2.05) is 12.1 Å². The smallest absolute Gasteiger partial charge is 0.175 e. The van der Waals surface area contributed by atoms with Crippen LogP contribution in [0.1, 0.15) is 52.7 Å². The fraction of sp³-hybridized carbons (Fsp3) is 0.565. The number of allylic oxidation sites excluding steroid dienone is 1. The van der Waals surface area contributed by atoms with Crippen LogP contribution >= 0.6 is 0 Å². The molecule has 0 unspecified atom stereocenters. The zero-order valence-corrected chi connectivity index (χ0v) is 17.9. The highest BCUT2D eigenvalue weighted by atomic mass is 16.5. The van der Waals surface area contributed by atoms with Crippen molar-refractivity contribution >= 4 is 11.6 Å². The van der Waals surface area contributed by atoms with E-state index in [2.05, 4.69) is 0 Å². The maximum atomic E-state index is 13.4. The van der Waals surface area contributed by atoms with Crippen LogP contribution in [0.5, 0.6) is 5.75 Å². The summed E-state index contributed by atoms with van der Waals surface area (Å²) in [6, 6.07) is 7.22. The third kappa shape index (κ3) is 3.28. The van der Waals surface area contributed by atoms with Crippen LogP contribution in [-0.4, -0.2) is 41.1 Å². The van der Waals surface area contributed by atoms with Crippen molar-refractivity contribution in [1.29, 1.82) is 0 Å². The second-order valence-electron chi connectivity index (χ2n) is 9.32. The molecule has 29 heavy (non-hydrogen) atoms. The van der Waals surface area contributed by atoms with E-state index in [1.165, 1.54) is 0 Å². The second-order valence-corrected chi connectivity index (χ2v) is 9.32. The molecular weight excluding hydrogens is 372 g/mol. The number of Topliss-reactive ketones (excluding diaryl/α,β-unsaturated/α-hetero) is 2. The molecule has 2 aliphatic rings. The van der Waals surface area contributed by atoms with Crippen LogP contribution < -0.4 is 4.74 Å². The van der Waals surface area contributed by atoms with Crippen molar-refractivity contribution in [3.05, 3.63) is 41.2 Å². The van der Waals surface area contributed by atoms with Gasteiger partial charge in [0, 0.05) is 11.5 Å². The van der Waals surface area contributed by atoms with Crippen molar-refractivity contribution in [1.82, 2.24) is 0 Å². The Labute approximate surface area is 171 Å². The molecule has 1 aromatic rings. The number of ether oxygens (including phenoxy) is 2. The predicted octanol–water partition coefficient (Wildman–Crippen LogP) is 3.54. The van der Waals surface area contributed by atoms with Crippen molar-refractivity contribution < 1.29 is 29.3 Å². The molecule has 1 saturated heterocycles. The van der Waals surface area contributed by atoms with Gasteiger partial charge in [-0.25, -0.2) is 0 Å². The summed E-state index contributed by atoms with van der Waals surface area (Å²) < 4.78 is 11.2. The van der Waals surface area contributed by atoms with Crippen molar-refractivity contribution in [3.8, 4) is 5.75 Å². The first-order valence-corrected chi connectivity index (χ1v) is 9.87. The number of methoxy groups -OCH3 is 1. The summed E-state index contributed by atoms with van der Waals surface area (Å²) in [7, 11) is 1.57. The van der Waals surface area contributed by atoms with E-state index in [1.54, 1.807) is 53.9 Å².